The standard InChI is InChI=1S/C27H46N4O3/c1-19(29)25(32)23(17-20-11-7-5-8-12-20)30-26(33)22-18-21(31-27(2,3)4)13-14-24(22)34-16-10-6-9-15-28/h13-14,18-20,23,31H,5-12,15-17,28-29H2,1-4H3,(H,30,33). The van der Waals surface area contributed by atoms with E-state index in [0.717, 1.165) is 37.8 Å². The Morgan fingerprint density at radius 1 is 1.12 bits per heavy atom. The maximum Gasteiger partial charge on any atom is 0.255 e. The summed E-state index contributed by atoms with van der Waals surface area (Å²) in [5.41, 5.74) is 12.6. The van der Waals surface area contributed by atoms with Crippen molar-refractivity contribution in [3.8, 4) is 5.75 Å². The van der Waals surface area contributed by atoms with E-state index in [1.165, 1.54) is 19.3 Å². The normalized spacial score (nSPS) is 16.5. The number of nitrogens with one attached hydrogen (secondary N) is 2. The quantitative estimate of drug-likeness (QED) is 0.315. The van der Waals surface area contributed by atoms with Crippen LogP contribution in [0.25, 0.3) is 0 Å². The maximum absolute atomic E-state index is 13.5. The number of anilines is 1. The summed E-state index contributed by atoms with van der Waals surface area (Å²) in [6.07, 6.45) is 9.24. The van der Waals surface area contributed by atoms with Crippen LogP contribution < -0.4 is 26.8 Å². The topological polar surface area (TPSA) is 119 Å². The van der Waals surface area contributed by atoms with Gasteiger partial charge in [0.2, 0.25) is 0 Å². The minimum Gasteiger partial charge on any atom is -0.493 e. The number of carbonyl (C=O) groups is 2. The lowest BCUT2D eigenvalue weighted by Crippen LogP contribution is -2.48. The number of Topliss-reactive ketones (excluding diaryl/α,β-unsaturated/α-hetero) is 1. The Hall–Kier alpha value is -2.12. The van der Waals surface area contributed by atoms with Crippen LogP contribution in [0.5, 0.6) is 5.75 Å². The van der Waals surface area contributed by atoms with Gasteiger partial charge in [0, 0.05) is 11.2 Å². The second-order valence-electron chi connectivity index (χ2n) is 10.7. The summed E-state index contributed by atoms with van der Waals surface area (Å²) < 4.78 is 5.99. The first kappa shape index (κ1) is 28.1. The molecule has 6 N–H and O–H groups in total. The molecule has 1 aromatic carbocycles. The van der Waals surface area contributed by atoms with Crippen molar-refractivity contribution in [2.45, 2.75) is 103 Å². The van der Waals surface area contributed by atoms with Gasteiger partial charge in [-0.25, -0.2) is 0 Å². The van der Waals surface area contributed by atoms with Crippen LogP contribution >= 0.6 is 0 Å². The second kappa shape index (κ2) is 13.7. The fraction of sp³-hybridized carbons (Fsp3) is 0.704. The zero-order chi connectivity index (χ0) is 25.1. The van der Waals surface area contributed by atoms with Crippen molar-refractivity contribution in [1.82, 2.24) is 5.32 Å². The molecule has 2 unspecified atom stereocenters. The highest BCUT2D eigenvalue weighted by Gasteiger charge is 2.29. The highest BCUT2D eigenvalue weighted by Crippen LogP contribution is 2.29. The molecule has 0 saturated heterocycles. The Bertz CT molecular complexity index is 783. The van der Waals surface area contributed by atoms with Crippen LogP contribution in [0.3, 0.4) is 0 Å². The van der Waals surface area contributed by atoms with E-state index in [2.05, 4.69) is 31.4 Å². The molecule has 7 nitrogen and oxygen atoms in total. The molecule has 0 spiro atoms. The van der Waals surface area contributed by atoms with Crippen molar-refractivity contribution in [2.24, 2.45) is 17.4 Å². The van der Waals surface area contributed by atoms with Gasteiger partial charge in [0.25, 0.3) is 5.91 Å². The Morgan fingerprint density at radius 3 is 2.44 bits per heavy atom. The summed E-state index contributed by atoms with van der Waals surface area (Å²) in [6, 6.07) is 4.34. The summed E-state index contributed by atoms with van der Waals surface area (Å²) in [5, 5.41) is 6.42. The van der Waals surface area contributed by atoms with Gasteiger partial charge in [-0.2, -0.15) is 0 Å². The van der Waals surface area contributed by atoms with Crippen molar-refractivity contribution >= 4 is 17.4 Å². The molecule has 1 fully saturated rings. The van der Waals surface area contributed by atoms with E-state index in [9.17, 15) is 9.59 Å². The van der Waals surface area contributed by atoms with Gasteiger partial charge in [-0.3, -0.25) is 9.59 Å². The maximum atomic E-state index is 13.5. The van der Waals surface area contributed by atoms with Crippen molar-refractivity contribution in [3.63, 3.8) is 0 Å². The van der Waals surface area contributed by atoms with Crippen molar-refractivity contribution < 1.29 is 14.3 Å². The molecular weight excluding hydrogens is 428 g/mol. The smallest absolute Gasteiger partial charge is 0.255 e. The summed E-state index contributed by atoms with van der Waals surface area (Å²) in [6.45, 7) is 9.06. The molecule has 7 heteroatoms. The van der Waals surface area contributed by atoms with Gasteiger partial charge >= 0.3 is 0 Å². The zero-order valence-electron chi connectivity index (χ0n) is 21.6. The molecule has 1 aliphatic carbocycles. The first-order valence-corrected chi connectivity index (χ1v) is 13.0. The average molecular weight is 475 g/mol. The largest absolute Gasteiger partial charge is 0.493 e. The van der Waals surface area contributed by atoms with E-state index in [-0.39, 0.29) is 17.2 Å². The third-order valence-electron chi connectivity index (χ3n) is 6.24. The fourth-order valence-electron chi connectivity index (χ4n) is 4.51. The molecule has 0 heterocycles. The lowest BCUT2D eigenvalue weighted by Gasteiger charge is -2.28. The van der Waals surface area contributed by atoms with Gasteiger partial charge < -0.3 is 26.8 Å². The van der Waals surface area contributed by atoms with Crippen LogP contribution in [0.4, 0.5) is 5.69 Å². The predicted octanol–water partition coefficient (Wildman–Crippen LogP) is 4.39. The monoisotopic (exact) mass is 474 g/mol. The van der Waals surface area contributed by atoms with Gasteiger partial charge in [0.1, 0.15) is 5.75 Å². The minimum atomic E-state index is -0.624. The van der Waals surface area contributed by atoms with E-state index in [4.69, 9.17) is 16.2 Å². The molecule has 1 amide bonds. The van der Waals surface area contributed by atoms with Crippen molar-refractivity contribution in [1.29, 1.82) is 0 Å². The predicted molar refractivity (Wildman–Crippen MR) is 139 cm³/mol. The van der Waals surface area contributed by atoms with E-state index in [1.807, 2.05) is 18.2 Å². The molecule has 192 valence electrons. The number of ketones is 1. The Morgan fingerprint density at radius 2 is 1.82 bits per heavy atom. The number of benzene rings is 1. The number of rotatable bonds is 13. The molecule has 2 rings (SSSR count). The Labute approximate surface area is 205 Å². The van der Waals surface area contributed by atoms with Crippen LogP contribution in [-0.2, 0) is 4.79 Å². The van der Waals surface area contributed by atoms with Crippen LogP contribution in [-0.4, -0.2) is 42.5 Å². The number of unbranched alkanes of at least 4 members (excludes halogenated alkanes) is 2. The molecule has 2 atom stereocenters. The molecule has 1 aromatic rings. The van der Waals surface area contributed by atoms with Crippen molar-refractivity contribution in [2.75, 3.05) is 18.5 Å². The van der Waals surface area contributed by atoms with Gasteiger partial charge in [-0.15, -0.1) is 0 Å². The number of hydrogen-bond acceptors (Lipinski definition) is 6. The SMILES string of the molecule is CC(N)C(=O)C(CC1CCCCC1)NC(=O)c1cc(NC(C)(C)C)ccc1OCCCCCN. The summed E-state index contributed by atoms with van der Waals surface area (Å²) >= 11 is 0. The fourth-order valence-corrected chi connectivity index (χ4v) is 4.51. The van der Waals surface area contributed by atoms with Crippen LogP contribution in [0.15, 0.2) is 18.2 Å². The lowest BCUT2D eigenvalue weighted by atomic mass is 9.83. The molecule has 0 aromatic heterocycles. The first-order valence-electron chi connectivity index (χ1n) is 13.0. The molecule has 0 aliphatic heterocycles. The summed E-state index contributed by atoms with van der Waals surface area (Å²) in [5.74, 6) is 0.541. The Kier molecular flexibility index (Phi) is 11.3. The van der Waals surface area contributed by atoms with E-state index < -0.39 is 12.1 Å². The Balaban J connectivity index is 2.22. The number of carbonyl (C=O) groups excluding carboxylic acids is 2. The van der Waals surface area contributed by atoms with Crippen LogP contribution in [0.2, 0.25) is 0 Å². The van der Waals surface area contributed by atoms with Crippen molar-refractivity contribution in [3.05, 3.63) is 23.8 Å². The molecular formula is C27H46N4O3. The van der Waals surface area contributed by atoms with Gasteiger partial charge in [-0.05, 0) is 84.0 Å². The van der Waals surface area contributed by atoms with E-state index in [0.29, 0.717) is 36.8 Å². The van der Waals surface area contributed by atoms with Gasteiger partial charge in [0.15, 0.2) is 5.78 Å². The molecule has 1 aliphatic rings. The molecule has 1 saturated carbocycles. The average Bonchev–Trinajstić information content (AvgIpc) is 2.78. The molecule has 34 heavy (non-hydrogen) atoms. The van der Waals surface area contributed by atoms with E-state index in [1.54, 1.807) is 6.92 Å². The van der Waals surface area contributed by atoms with Crippen LogP contribution in [0.1, 0.15) is 95.8 Å². The molecule has 0 bridgehead atoms. The zero-order valence-corrected chi connectivity index (χ0v) is 21.6. The van der Waals surface area contributed by atoms with E-state index >= 15 is 0 Å². The first-order chi connectivity index (χ1) is 16.1. The molecule has 0 radical (unpaired) electrons. The van der Waals surface area contributed by atoms with Crippen LogP contribution in [0, 0.1) is 5.92 Å². The number of hydrogen-bond donors (Lipinski definition) is 4. The van der Waals surface area contributed by atoms with Gasteiger partial charge in [-0.1, -0.05) is 32.1 Å². The lowest BCUT2D eigenvalue weighted by molar-refractivity contribution is -0.122. The highest BCUT2D eigenvalue weighted by molar-refractivity contribution is 6.01. The summed E-state index contributed by atoms with van der Waals surface area (Å²) in [4.78, 5) is 26.4. The highest BCUT2D eigenvalue weighted by atomic mass is 16.5. The number of amides is 1. The summed E-state index contributed by atoms with van der Waals surface area (Å²) in [7, 11) is 0. The minimum absolute atomic E-state index is 0.118. The number of nitrogens with two attached hydrogens (primary N) is 2. The third kappa shape index (κ3) is 9.63. The third-order valence-corrected chi connectivity index (χ3v) is 6.24. The second-order valence-corrected chi connectivity index (χ2v) is 10.7. The van der Waals surface area contributed by atoms with Gasteiger partial charge in [0.05, 0.1) is 24.3 Å². The number of ether oxygens (including phenoxy) is 1.